The molecule has 5 heteroatoms. The summed E-state index contributed by atoms with van der Waals surface area (Å²) in [6.45, 7) is 3.80. The minimum atomic E-state index is -0.139. The second kappa shape index (κ2) is 7.06. The van der Waals surface area contributed by atoms with Crippen LogP contribution in [0.4, 0.5) is 5.69 Å². The Balaban J connectivity index is 1.35. The Morgan fingerprint density at radius 1 is 1.08 bits per heavy atom. The fourth-order valence-corrected chi connectivity index (χ4v) is 4.21. The Kier molecular flexibility index (Phi) is 4.80. The largest absolute Gasteiger partial charge is 0.394 e. The zero-order chi connectivity index (χ0) is 17.3. The Hall–Kier alpha value is -1.43. The van der Waals surface area contributed by atoms with Crippen molar-refractivity contribution in [2.24, 2.45) is 5.92 Å². The van der Waals surface area contributed by atoms with Gasteiger partial charge in [0.1, 0.15) is 0 Å². The smallest absolute Gasteiger partial charge is 0.244 e. The summed E-state index contributed by atoms with van der Waals surface area (Å²) in [4.78, 5) is 17.1. The van der Waals surface area contributed by atoms with Crippen LogP contribution >= 0.6 is 0 Å². The van der Waals surface area contributed by atoms with Crippen molar-refractivity contribution in [3.8, 4) is 0 Å². The SMILES string of the molecule is O=C1[C@@H](N2CCC(CO)(NCC3CC3)CC2)CCN1c1ccccc1. The van der Waals surface area contributed by atoms with Gasteiger partial charge < -0.3 is 15.3 Å². The lowest BCUT2D eigenvalue weighted by Gasteiger charge is -2.43. The number of aliphatic hydroxyl groups is 1. The van der Waals surface area contributed by atoms with Crippen molar-refractivity contribution in [1.29, 1.82) is 0 Å². The van der Waals surface area contributed by atoms with E-state index in [-0.39, 0.29) is 24.1 Å². The molecule has 0 aromatic heterocycles. The van der Waals surface area contributed by atoms with Crippen molar-refractivity contribution >= 4 is 11.6 Å². The molecular formula is C20H29N3O2. The van der Waals surface area contributed by atoms with Gasteiger partial charge in [-0.1, -0.05) is 18.2 Å². The number of benzene rings is 1. The van der Waals surface area contributed by atoms with Gasteiger partial charge in [0.05, 0.1) is 12.6 Å². The van der Waals surface area contributed by atoms with Gasteiger partial charge in [0.15, 0.2) is 0 Å². The molecule has 0 radical (unpaired) electrons. The molecule has 1 aromatic carbocycles. The highest BCUT2D eigenvalue weighted by atomic mass is 16.3. The molecule has 3 aliphatic rings. The number of hydrogen-bond donors (Lipinski definition) is 2. The van der Waals surface area contributed by atoms with Gasteiger partial charge in [0.25, 0.3) is 0 Å². The lowest BCUT2D eigenvalue weighted by molar-refractivity contribution is -0.122. The second-order valence-corrected chi connectivity index (χ2v) is 7.93. The third kappa shape index (κ3) is 3.59. The highest BCUT2D eigenvalue weighted by molar-refractivity contribution is 5.99. The monoisotopic (exact) mass is 343 g/mol. The van der Waals surface area contributed by atoms with Crippen LogP contribution in [-0.2, 0) is 4.79 Å². The van der Waals surface area contributed by atoms with Crippen molar-refractivity contribution in [1.82, 2.24) is 10.2 Å². The first kappa shape index (κ1) is 17.0. The van der Waals surface area contributed by atoms with E-state index in [0.717, 1.165) is 57.0 Å². The average Bonchev–Trinajstić information content (AvgIpc) is 3.42. The van der Waals surface area contributed by atoms with Crippen LogP contribution < -0.4 is 10.2 Å². The molecule has 1 aliphatic carbocycles. The van der Waals surface area contributed by atoms with Gasteiger partial charge in [-0.05, 0) is 56.7 Å². The highest BCUT2D eigenvalue weighted by Gasteiger charge is 2.42. The fourth-order valence-electron chi connectivity index (χ4n) is 4.21. The summed E-state index contributed by atoms with van der Waals surface area (Å²) < 4.78 is 0. The first-order valence-electron chi connectivity index (χ1n) is 9.67. The zero-order valence-electron chi connectivity index (χ0n) is 14.9. The molecule has 136 valence electrons. The van der Waals surface area contributed by atoms with Gasteiger partial charge in [-0.2, -0.15) is 0 Å². The van der Waals surface area contributed by atoms with Crippen LogP contribution in [0.15, 0.2) is 30.3 Å². The molecule has 2 saturated heterocycles. The van der Waals surface area contributed by atoms with Crippen molar-refractivity contribution in [3.63, 3.8) is 0 Å². The number of anilines is 1. The van der Waals surface area contributed by atoms with Crippen molar-refractivity contribution in [3.05, 3.63) is 30.3 Å². The number of para-hydroxylation sites is 1. The Morgan fingerprint density at radius 3 is 2.44 bits per heavy atom. The number of carbonyl (C=O) groups is 1. The molecule has 1 aromatic rings. The maximum Gasteiger partial charge on any atom is 0.244 e. The summed E-state index contributed by atoms with van der Waals surface area (Å²) in [5.41, 5.74) is 0.864. The van der Waals surface area contributed by atoms with Crippen molar-refractivity contribution in [2.75, 3.05) is 37.7 Å². The first-order chi connectivity index (χ1) is 12.2. The first-order valence-corrected chi connectivity index (χ1v) is 9.67. The van der Waals surface area contributed by atoms with Crippen LogP contribution in [0.25, 0.3) is 0 Å². The lowest BCUT2D eigenvalue weighted by atomic mass is 9.87. The van der Waals surface area contributed by atoms with E-state index in [9.17, 15) is 9.90 Å². The molecule has 1 atom stereocenters. The molecule has 0 unspecified atom stereocenters. The summed E-state index contributed by atoms with van der Waals surface area (Å²) in [5.74, 6) is 1.05. The van der Waals surface area contributed by atoms with E-state index in [4.69, 9.17) is 0 Å². The predicted molar refractivity (Wildman–Crippen MR) is 98.6 cm³/mol. The normalized spacial score (nSPS) is 27.0. The zero-order valence-corrected chi connectivity index (χ0v) is 14.9. The number of nitrogens with zero attached hydrogens (tertiary/aromatic N) is 2. The van der Waals surface area contributed by atoms with E-state index >= 15 is 0 Å². The van der Waals surface area contributed by atoms with Gasteiger partial charge in [0.2, 0.25) is 5.91 Å². The van der Waals surface area contributed by atoms with Crippen LogP contribution in [0.5, 0.6) is 0 Å². The fraction of sp³-hybridized carbons (Fsp3) is 0.650. The third-order valence-electron chi connectivity index (χ3n) is 6.21. The van der Waals surface area contributed by atoms with Crippen LogP contribution in [-0.4, -0.2) is 60.3 Å². The van der Waals surface area contributed by atoms with Gasteiger partial charge in [-0.15, -0.1) is 0 Å². The maximum absolute atomic E-state index is 12.9. The minimum absolute atomic E-state index is 0.000307. The maximum atomic E-state index is 12.9. The average molecular weight is 343 g/mol. The van der Waals surface area contributed by atoms with E-state index < -0.39 is 0 Å². The number of carbonyl (C=O) groups excluding carboxylic acids is 1. The van der Waals surface area contributed by atoms with Gasteiger partial charge in [-0.3, -0.25) is 9.69 Å². The second-order valence-electron chi connectivity index (χ2n) is 7.93. The molecule has 3 fully saturated rings. The number of hydrogen-bond acceptors (Lipinski definition) is 4. The van der Waals surface area contributed by atoms with Crippen LogP contribution in [0.1, 0.15) is 32.1 Å². The molecule has 4 rings (SSSR count). The third-order valence-corrected chi connectivity index (χ3v) is 6.21. The predicted octanol–water partition coefficient (Wildman–Crippen LogP) is 1.62. The van der Waals surface area contributed by atoms with Crippen molar-refractivity contribution in [2.45, 2.75) is 43.7 Å². The molecule has 2 aliphatic heterocycles. The lowest BCUT2D eigenvalue weighted by Crippen LogP contribution is -2.58. The van der Waals surface area contributed by atoms with Crippen LogP contribution in [0.3, 0.4) is 0 Å². The van der Waals surface area contributed by atoms with E-state index in [0.29, 0.717) is 0 Å². The summed E-state index contributed by atoms with van der Waals surface area (Å²) in [5, 5.41) is 13.5. The molecule has 5 nitrogen and oxygen atoms in total. The Labute approximate surface area is 150 Å². The summed E-state index contributed by atoms with van der Waals surface area (Å²) in [7, 11) is 0. The van der Waals surface area contributed by atoms with Crippen molar-refractivity contribution < 1.29 is 9.90 Å². The number of likely N-dealkylation sites (tertiary alicyclic amines) is 1. The Bertz CT molecular complexity index is 594. The number of piperidine rings is 1. The number of aliphatic hydroxyl groups excluding tert-OH is 1. The summed E-state index contributed by atoms with van der Waals surface area (Å²) >= 11 is 0. The van der Waals surface area contributed by atoms with E-state index in [1.807, 2.05) is 35.2 Å². The van der Waals surface area contributed by atoms with E-state index in [2.05, 4.69) is 10.2 Å². The molecule has 2 heterocycles. The molecule has 1 amide bonds. The van der Waals surface area contributed by atoms with Gasteiger partial charge in [-0.25, -0.2) is 0 Å². The standard InChI is InChI=1S/C20H29N3O2/c24-15-20(21-14-16-6-7-16)9-12-22(13-10-20)18-8-11-23(19(18)25)17-4-2-1-3-5-17/h1-5,16,18,21,24H,6-15H2/t18-/m0/s1. The molecular weight excluding hydrogens is 314 g/mol. The quantitative estimate of drug-likeness (QED) is 0.824. The summed E-state index contributed by atoms with van der Waals surface area (Å²) in [6.07, 6.45) is 5.39. The number of rotatable bonds is 6. The number of amides is 1. The molecule has 2 N–H and O–H groups in total. The van der Waals surface area contributed by atoms with Crippen LogP contribution in [0, 0.1) is 5.92 Å². The molecule has 25 heavy (non-hydrogen) atoms. The van der Waals surface area contributed by atoms with Gasteiger partial charge >= 0.3 is 0 Å². The van der Waals surface area contributed by atoms with E-state index in [1.54, 1.807) is 0 Å². The van der Waals surface area contributed by atoms with Gasteiger partial charge in [0, 0.05) is 30.9 Å². The molecule has 0 spiro atoms. The molecule has 0 bridgehead atoms. The summed E-state index contributed by atoms with van der Waals surface area (Å²) in [6, 6.07) is 9.97. The topological polar surface area (TPSA) is 55.8 Å². The number of nitrogens with one attached hydrogen (secondary N) is 1. The highest BCUT2D eigenvalue weighted by Crippen LogP contribution is 2.32. The Morgan fingerprint density at radius 2 is 1.80 bits per heavy atom. The molecule has 1 saturated carbocycles. The minimum Gasteiger partial charge on any atom is -0.394 e. The van der Waals surface area contributed by atoms with Crippen LogP contribution in [0.2, 0.25) is 0 Å². The van der Waals surface area contributed by atoms with E-state index in [1.165, 1.54) is 12.8 Å².